The molecule has 3 heteroatoms. The van der Waals surface area contributed by atoms with Crippen LogP contribution in [0.3, 0.4) is 0 Å². The summed E-state index contributed by atoms with van der Waals surface area (Å²) >= 11 is 0. The van der Waals surface area contributed by atoms with Crippen molar-refractivity contribution in [2.75, 3.05) is 11.9 Å². The van der Waals surface area contributed by atoms with Gasteiger partial charge in [0.05, 0.1) is 11.8 Å². The highest BCUT2D eigenvalue weighted by atomic mass is 19.1. The van der Waals surface area contributed by atoms with Crippen LogP contribution in [0.5, 0.6) is 0 Å². The van der Waals surface area contributed by atoms with Gasteiger partial charge in [-0.1, -0.05) is 31.2 Å². The maximum atomic E-state index is 14.1. The summed E-state index contributed by atoms with van der Waals surface area (Å²) in [5.74, 6) is -0.328. The first kappa shape index (κ1) is 14.5. The number of rotatable bonds is 4. The molecule has 1 N–H and O–H groups in total. The second kappa shape index (κ2) is 6.06. The van der Waals surface area contributed by atoms with Crippen molar-refractivity contribution in [2.45, 2.75) is 26.4 Å². The predicted octanol–water partition coefficient (Wildman–Crippen LogP) is 4.21. The van der Waals surface area contributed by atoms with E-state index in [2.05, 4.69) is 6.92 Å². The van der Waals surface area contributed by atoms with Crippen molar-refractivity contribution in [1.82, 2.24) is 0 Å². The zero-order valence-corrected chi connectivity index (χ0v) is 12.1. The van der Waals surface area contributed by atoms with Gasteiger partial charge in [-0.15, -0.1) is 0 Å². The first-order valence-electron chi connectivity index (χ1n) is 6.83. The largest absolute Gasteiger partial charge is 0.389 e. The van der Waals surface area contributed by atoms with Gasteiger partial charge in [-0.3, -0.25) is 0 Å². The standard InChI is InChI=1S/C17H20FNO/c1-4-13-8-10-14(11-9-13)19(3)17-15(12(2)20)6-5-7-16(17)18/h5-12,20H,4H2,1-3H3/t12-/m1/s1. The molecule has 0 amide bonds. The Morgan fingerprint density at radius 2 is 1.80 bits per heavy atom. The van der Waals surface area contributed by atoms with Gasteiger partial charge in [-0.05, 0) is 37.1 Å². The SMILES string of the molecule is CCc1ccc(N(C)c2c(F)cccc2[C@@H](C)O)cc1. The van der Waals surface area contributed by atoms with E-state index in [4.69, 9.17) is 0 Å². The molecule has 0 aliphatic rings. The molecule has 0 unspecified atom stereocenters. The molecule has 0 aromatic heterocycles. The van der Waals surface area contributed by atoms with Gasteiger partial charge in [0.1, 0.15) is 5.82 Å². The molecular formula is C17H20FNO. The Hall–Kier alpha value is -1.87. The third-order valence-electron chi connectivity index (χ3n) is 3.54. The fraction of sp³-hybridized carbons (Fsp3) is 0.294. The summed E-state index contributed by atoms with van der Waals surface area (Å²) in [4.78, 5) is 1.77. The highest BCUT2D eigenvalue weighted by Gasteiger charge is 2.17. The maximum absolute atomic E-state index is 14.1. The zero-order valence-electron chi connectivity index (χ0n) is 12.1. The molecule has 2 nitrogen and oxygen atoms in total. The number of hydrogen-bond acceptors (Lipinski definition) is 2. The molecule has 0 spiro atoms. The Kier molecular flexibility index (Phi) is 4.40. The van der Waals surface area contributed by atoms with E-state index in [0.29, 0.717) is 11.3 Å². The van der Waals surface area contributed by atoms with Crippen molar-refractivity contribution in [2.24, 2.45) is 0 Å². The topological polar surface area (TPSA) is 23.5 Å². The van der Waals surface area contributed by atoms with Crippen LogP contribution in [0.4, 0.5) is 15.8 Å². The van der Waals surface area contributed by atoms with Crippen molar-refractivity contribution in [1.29, 1.82) is 0 Å². The monoisotopic (exact) mass is 273 g/mol. The van der Waals surface area contributed by atoms with Gasteiger partial charge in [0.25, 0.3) is 0 Å². The normalized spacial score (nSPS) is 12.2. The second-order valence-electron chi connectivity index (χ2n) is 4.93. The van der Waals surface area contributed by atoms with Crippen LogP contribution in [0.25, 0.3) is 0 Å². The molecule has 0 saturated heterocycles. The summed E-state index contributed by atoms with van der Waals surface area (Å²) < 4.78 is 14.1. The first-order valence-corrected chi connectivity index (χ1v) is 6.83. The molecule has 2 aromatic carbocycles. The number of benzene rings is 2. The average Bonchev–Trinajstić information content (AvgIpc) is 2.46. The molecule has 0 aliphatic heterocycles. The summed E-state index contributed by atoms with van der Waals surface area (Å²) in [5.41, 5.74) is 3.15. The number of aliphatic hydroxyl groups is 1. The van der Waals surface area contributed by atoms with Crippen LogP contribution in [0.2, 0.25) is 0 Å². The van der Waals surface area contributed by atoms with Crippen molar-refractivity contribution in [3.8, 4) is 0 Å². The molecule has 0 radical (unpaired) electrons. The van der Waals surface area contributed by atoms with E-state index in [1.165, 1.54) is 11.6 Å². The molecule has 0 bridgehead atoms. The highest BCUT2D eigenvalue weighted by Crippen LogP contribution is 2.33. The van der Waals surface area contributed by atoms with Gasteiger partial charge < -0.3 is 10.0 Å². The minimum Gasteiger partial charge on any atom is -0.389 e. The summed E-state index contributed by atoms with van der Waals surface area (Å²) in [6, 6.07) is 12.8. The molecule has 1 atom stereocenters. The Labute approximate surface area is 119 Å². The van der Waals surface area contributed by atoms with Crippen LogP contribution in [-0.4, -0.2) is 12.2 Å². The number of nitrogens with zero attached hydrogens (tertiary/aromatic N) is 1. The third-order valence-corrected chi connectivity index (χ3v) is 3.54. The number of aryl methyl sites for hydroxylation is 1. The summed E-state index contributed by atoms with van der Waals surface area (Å²) in [5, 5.41) is 9.81. The first-order chi connectivity index (χ1) is 9.54. The molecule has 106 valence electrons. The number of anilines is 2. The van der Waals surface area contributed by atoms with Crippen LogP contribution in [0.1, 0.15) is 31.1 Å². The van der Waals surface area contributed by atoms with Gasteiger partial charge in [0.15, 0.2) is 0 Å². The predicted molar refractivity (Wildman–Crippen MR) is 80.9 cm³/mol. The Morgan fingerprint density at radius 1 is 1.15 bits per heavy atom. The van der Waals surface area contributed by atoms with E-state index in [9.17, 15) is 9.50 Å². The van der Waals surface area contributed by atoms with Crippen molar-refractivity contribution >= 4 is 11.4 Å². The van der Waals surface area contributed by atoms with Crippen LogP contribution in [0.15, 0.2) is 42.5 Å². The lowest BCUT2D eigenvalue weighted by molar-refractivity contribution is 0.199. The number of aliphatic hydroxyl groups excluding tert-OH is 1. The summed E-state index contributed by atoms with van der Waals surface area (Å²) in [6.45, 7) is 3.74. The molecule has 0 heterocycles. The quantitative estimate of drug-likeness (QED) is 0.902. The lowest BCUT2D eigenvalue weighted by Gasteiger charge is -2.24. The van der Waals surface area contributed by atoms with Gasteiger partial charge >= 0.3 is 0 Å². The molecule has 20 heavy (non-hydrogen) atoms. The van der Waals surface area contributed by atoms with Crippen molar-refractivity contribution in [3.05, 3.63) is 59.4 Å². The zero-order chi connectivity index (χ0) is 14.7. The average molecular weight is 273 g/mol. The molecular weight excluding hydrogens is 253 g/mol. The number of hydrogen-bond donors (Lipinski definition) is 1. The summed E-state index contributed by atoms with van der Waals surface area (Å²) in [7, 11) is 1.81. The lowest BCUT2D eigenvalue weighted by atomic mass is 10.1. The fourth-order valence-corrected chi connectivity index (χ4v) is 2.31. The lowest BCUT2D eigenvalue weighted by Crippen LogP contribution is -2.14. The third kappa shape index (κ3) is 2.83. The Balaban J connectivity index is 2.44. The summed E-state index contributed by atoms with van der Waals surface area (Å²) in [6.07, 6.45) is 0.265. The number of halogens is 1. The molecule has 0 saturated carbocycles. The second-order valence-corrected chi connectivity index (χ2v) is 4.93. The molecule has 2 aromatic rings. The highest BCUT2D eigenvalue weighted by molar-refractivity contribution is 5.67. The van der Waals surface area contributed by atoms with E-state index in [0.717, 1.165) is 12.1 Å². The van der Waals surface area contributed by atoms with Gasteiger partial charge in [0.2, 0.25) is 0 Å². The minimum atomic E-state index is -0.710. The van der Waals surface area contributed by atoms with Crippen LogP contribution < -0.4 is 4.90 Å². The molecule has 2 rings (SSSR count). The van der Waals surface area contributed by atoms with Crippen molar-refractivity contribution < 1.29 is 9.50 Å². The van der Waals surface area contributed by atoms with Crippen LogP contribution in [0, 0.1) is 5.82 Å². The van der Waals surface area contributed by atoms with Gasteiger partial charge in [0, 0.05) is 18.3 Å². The minimum absolute atomic E-state index is 0.328. The van der Waals surface area contributed by atoms with E-state index >= 15 is 0 Å². The Bertz CT molecular complexity index is 578. The maximum Gasteiger partial charge on any atom is 0.147 e. The smallest absolute Gasteiger partial charge is 0.147 e. The fourth-order valence-electron chi connectivity index (χ4n) is 2.31. The molecule has 0 aliphatic carbocycles. The van der Waals surface area contributed by atoms with Gasteiger partial charge in [-0.2, -0.15) is 0 Å². The Morgan fingerprint density at radius 3 is 2.35 bits per heavy atom. The van der Waals surface area contributed by atoms with Crippen molar-refractivity contribution in [3.63, 3.8) is 0 Å². The van der Waals surface area contributed by atoms with E-state index in [1.807, 2.05) is 31.3 Å². The van der Waals surface area contributed by atoms with E-state index in [-0.39, 0.29) is 5.82 Å². The van der Waals surface area contributed by atoms with Crippen LogP contribution in [-0.2, 0) is 6.42 Å². The molecule has 0 fully saturated rings. The van der Waals surface area contributed by atoms with E-state index in [1.54, 1.807) is 24.0 Å². The van der Waals surface area contributed by atoms with Gasteiger partial charge in [-0.25, -0.2) is 4.39 Å². The van der Waals surface area contributed by atoms with Crippen LogP contribution >= 0.6 is 0 Å². The number of para-hydroxylation sites is 1. The van der Waals surface area contributed by atoms with E-state index < -0.39 is 6.10 Å².